The van der Waals surface area contributed by atoms with E-state index >= 15 is 0 Å². The summed E-state index contributed by atoms with van der Waals surface area (Å²) in [6.45, 7) is 1.32. The summed E-state index contributed by atoms with van der Waals surface area (Å²) in [7, 11) is 0. The van der Waals surface area contributed by atoms with Gasteiger partial charge in [0.05, 0.1) is 6.10 Å². The average molecular weight is 162 g/mol. The van der Waals surface area contributed by atoms with Crippen LogP contribution in [0.25, 0.3) is 0 Å². The van der Waals surface area contributed by atoms with E-state index in [1.807, 2.05) is 4.90 Å². The third-order valence-electron chi connectivity index (χ3n) is 2.16. The van der Waals surface area contributed by atoms with E-state index in [0.717, 1.165) is 13.0 Å². The molecule has 0 aromatic carbocycles. The second-order valence-electron chi connectivity index (χ2n) is 2.98. The minimum absolute atomic E-state index is 0.371. The van der Waals surface area contributed by atoms with Crippen LogP contribution in [0.1, 0.15) is 6.42 Å². The van der Waals surface area contributed by atoms with Gasteiger partial charge in [-0.1, -0.05) is 0 Å². The molecule has 0 aromatic rings. The van der Waals surface area contributed by atoms with Crippen LogP contribution in [0.5, 0.6) is 0 Å². The van der Waals surface area contributed by atoms with Gasteiger partial charge in [-0.2, -0.15) is 0 Å². The van der Waals surface area contributed by atoms with E-state index in [4.69, 9.17) is 10.8 Å². The fraction of sp³-hybridized carbons (Fsp3) is 1.00. The molecule has 2 atom stereocenters. The molecule has 0 aliphatic carbocycles. The molecule has 11 heavy (non-hydrogen) atoms. The zero-order valence-electron chi connectivity index (χ0n) is 6.54. The topological polar surface area (TPSA) is 49.5 Å². The predicted molar refractivity (Wildman–Crippen MR) is 41.0 cm³/mol. The van der Waals surface area contributed by atoms with Crippen LogP contribution in [0.4, 0.5) is 4.39 Å². The number of halogens is 1. The highest BCUT2D eigenvalue weighted by Gasteiger charge is 2.27. The normalized spacial score (nSPS) is 28.1. The van der Waals surface area contributed by atoms with Gasteiger partial charge in [-0.25, -0.2) is 4.39 Å². The van der Waals surface area contributed by atoms with Crippen LogP contribution in [0.3, 0.4) is 0 Å². The summed E-state index contributed by atoms with van der Waals surface area (Å²) < 4.78 is 11.8. The van der Waals surface area contributed by atoms with Crippen molar-refractivity contribution in [1.29, 1.82) is 0 Å². The van der Waals surface area contributed by atoms with E-state index in [2.05, 4.69) is 0 Å². The van der Waals surface area contributed by atoms with Gasteiger partial charge in [0, 0.05) is 25.7 Å². The van der Waals surface area contributed by atoms with Gasteiger partial charge in [0.15, 0.2) is 0 Å². The first-order chi connectivity index (χ1) is 5.27. The Kier molecular flexibility index (Phi) is 3.23. The second-order valence-corrected chi connectivity index (χ2v) is 2.98. The van der Waals surface area contributed by atoms with Gasteiger partial charge in [-0.15, -0.1) is 0 Å². The molecule has 0 radical (unpaired) electrons. The van der Waals surface area contributed by atoms with Crippen LogP contribution in [0, 0.1) is 0 Å². The molecule has 1 aliphatic heterocycles. The minimum atomic E-state index is -0.829. The second kappa shape index (κ2) is 3.99. The Morgan fingerprint density at radius 3 is 2.82 bits per heavy atom. The van der Waals surface area contributed by atoms with Gasteiger partial charge in [0.1, 0.15) is 6.67 Å². The smallest absolute Gasteiger partial charge is 0.117 e. The summed E-state index contributed by atoms with van der Waals surface area (Å²) in [5, 5.41) is 8.95. The van der Waals surface area contributed by atoms with Crippen LogP contribution in [-0.4, -0.2) is 48.5 Å². The highest BCUT2D eigenvalue weighted by Crippen LogP contribution is 2.15. The van der Waals surface area contributed by atoms with Crippen LogP contribution >= 0.6 is 0 Å². The standard InChI is InChI=1S/C7H15FN2O/c8-3-7(11)5-10-2-1-6(10)4-9/h6-7,11H,1-5,9H2. The predicted octanol–water partition coefficient (Wildman–Crippen LogP) is -0.650. The lowest BCUT2D eigenvalue weighted by Crippen LogP contribution is -2.54. The molecule has 2 unspecified atom stereocenters. The number of nitrogens with two attached hydrogens (primary N) is 1. The number of nitrogens with zero attached hydrogens (tertiary/aromatic N) is 1. The summed E-state index contributed by atoms with van der Waals surface area (Å²) in [4.78, 5) is 2.02. The summed E-state index contributed by atoms with van der Waals surface area (Å²) >= 11 is 0. The Morgan fingerprint density at radius 1 is 1.73 bits per heavy atom. The van der Waals surface area contributed by atoms with Crippen molar-refractivity contribution in [1.82, 2.24) is 4.90 Å². The Bertz CT molecular complexity index is 121. The van der Waals surface area contributed by atoms with E-state index in [9.17, 15) is 4.39 Å². The molecule has 0 amide bonds. The molecule has 0 spiro atoms. The van der Waals surface area contributed by atoms with Crippen molar-refractivity contribution in [2.24, 2.45) is 5.73 Å². The zero-order valence-corrected chi connectivity index (χ0v) is 6.54. The van der Waals surface area contributed by atoms with Crippen molar-refractivity contribution in [2.75, 3.05) is 26.3 Å². The van der Waals surface area contributed by atoms with Gasteiger partial charge < -0.3 is 10.8 Å². The van der Waals surface area contributed by atoms with Gasteiger partial charge in [-0.05, 0) is 6.42 Å². The SMILES string of the molecule is NCC1CCN1CC(O)CF. The van der Waals surface area contributed by atoms with Crippen molar-refractivity contribution >= 4 is 0 Å². The van der Waals surface area contributed by atoms with Gasteiger partial charge in [-0.3, -0.25) is 4.90 Å². The molecule has 0 aromatic heterocycles. The molecule has 66 valence electrons. The van der Waals surface area contributed by atoms with Crippen molar-refractivity contribution in [3.8, 4) is 0 Å². The lowest BCUT2D eigenvalue weighted by molar-refractivity contribution is 0.0255. The molecule has 1 fully saturated rings. The highest BCUT2D eigenvalue weighted by molar-refractivity contribution is 4.84. The maximum absolute atomic E-state index is 11.8. The highest BCUT2D eigenvalue weighted by atomic mass is 19.1. The van der Waals surface area contributed by atoms with E-state index in [1.54, 1.807) is 0 Å². The number of aliphatic hydroxyl groups excluding tert-OH is 1. The number of alkyl halides is 1. The number of likely N-dealkylation sites (tertiary alicyclic amines) is 1. The number of hydrogen-bond donors (Lipinski definition) is 2. The Hall–Kier alpha value is -0.190. The number of hydrogen-bond acceptors (Lipinski definition) is 3. The molecule has 3 nitrogen and oxygen atoms in total. The molecule has 1 aliphatic rings. The van der Waals surface area contributed by atoms with Gasteiger partial charge in [0.2, 0.25) is 0 Å². The number of rotatable bonds is 4. The van der Waals surface area contributed by atoms with Gasteiger partial charge in [0.25, 0.3) is 0 Å². The van der Waals surface area contributed by atoms with Crippen LogP contribution in [-0.2, 0) is 0 Å². The third-order valence-corrected chi connectivity index (χ3v) is 2.16. The zero-order chi connectivity index (χ0) is 8.27. The fourth-order valence-electron chi connectivity index (χ4n) is 1.32. The van der Waals surface area contributed by atoms with Crippen LogP contribution in [0.15, 0.2) is 0 Å². The first kappa shape index (κ1) is 8.90. The summed E-state index contributed by atoms with van der Waals surface area (Å²) in [5.74, 6) is 0. The first-order valence-corrected chi connectivity index (χ1v) is 3.96. The Morgan fingerprint density at radius 2 is 2.45 bits per heavy atom. The third kappa shape index (κ3) is 2.12. The number of β-amino-alcohol motifs (C(OH)–C–C–N with tert-alkyl or cyclic N) is 1. The molecule has 0 bridgehead atoms. The largest absolute Gasteiger partial charge is 0.389 e. The van der Waals surface area contributed by atoms with E-state index in [-0.39, 0.29) is 0 Å². The van der Waals surface area contributed by atoms with Crippen LogP contribution < -0.4 is 5.73 Å². The van der Waals surface area contributed by atoms with Crippen molar-refractivity contribution in [2.45, 2.75) is 18.6 Å². The lowest BCUT2D eigenvalue weighted by atomic mass is 10.0. The molecule has 1 heterocycles. The van der Waals surface area contributed by atoms with Crippen molar-refractivity contribution in [3.63, 3.8) is 0 Å². The van der Waals surface area contributed by atoms with E-state index in [0.29, 0.717) is 19.1 Å². The Labute approximate surface area is 66.0 Å². The lowest BCUT2D eigenvalue weighted by Gasteiger charge is -2.41. The molecular weight excluding hydrogens is 147 g/mol. The summed E-state index contributed by atoms with van der Waals surface area (Å²) in [6.07, 6.45) is 0.250. The molecular formula is C7H15FN2O. The van der Waals surface area contributed by atoms with Crippen molar-refractivity contribution < 1.29 is 9.50 Å². The monoisotopic (exact) mass is 162 g/mol. The summed E-state index contributed by atoms with van der Waals surface area (Å²) in [6, 6.07) is 0.371. The fourth-order valence-corrected chi connectivity index (χ4v) is 1.32. The molecule has 1 rings (SSSR count). The minimum Gasteiger partial charge on any atom is -0.389 e. The average Bonchev–Trinajstić information content (AvgIpc) is 1.98. The van der Waals surface area contributed by atoms with E-state index < -0.39 is 12.8 Å². The number of aliphatic hydroxyl groups is 1. The van der Waals surface area contributed by atoms with Gasteiger partial charge >= 0.3 is 0 Å². The summed E-state index contributed by atoms with van der Waals surface area (Å²) in [5.41, 5.74) is 5.42. The first-order valence-electron chi connectivity index (χ1n) is 3.96. The quantitative estimate of drug-likeness (QED) is 0.577. The molecule has 0 saturated carbocycles. The van der Waals surface area contributed by atoms with Crippen LogP contribution in [0.2, 0.25) is 0 Å². The maximum atomic E-state index is 11.8. The van der Waals surface area contributed by atoms with Crippen molar-refractivity contribution in [3.05, 3.63) is 0 Å². The maximum Gasteiger partial charge on any atom is 0.117 e. The van der Waals surface area contributed by atoms with E-state index in [1.165, 1.54) is 0 Å². The molecule has 4 heteroatoms. The molecule has 1 saturated heterocycles. The molecule has 3 N–H and O–H groups in total. The Balaban J connectivity index is 2.16.